The topological polar surface area (TPSA) is 71.8 Å². The predicted octanol–water partition coefficient (Wildman–Crippen LogP) is 5.55. The number of nitrogens with one attached hydrogen (secondary N) is 2. The molecule has 0 bridgehead atoms. The van der Waals surface area contributed by atoms with Gasteiger partial charge in [-0.3, -0.25) is 10.1 Å². The van der Waals surface area contributed by atoms with Gasteiger partial charge in [-0.15, -0.1) is 5.10 Å². The molecule has 7 heteroatoms. The van der Waals surface area contributed by atoms with Crippen LogP contribution in [-0.4, -0.2) is 20.7 Å². The van der Waals surface area contributed by atoms with Gasteiger partial charge in [-0.05, 0) is 42.3 Å². The van der Waals surface area contributed by atoms with Gasteiger partial charge >= 0.3 is 0 Å². The van der Waals surface area contributed by atoms with E-state index in [1.165, 1.54) is 5.56 Å². The second-order valence-electron chi connectivity index (χ2n) is 7.59. The highest BCUT2D eigenvalue weighted by molar-refractivity contribution is 6.31. The number of hydrogen-bond acceptors (Lipinski definition) is 4. The first-order chi connectivity index (χ1) is 15.6. The standard InChI is InChI=1S/C25H20ClN5O/c1-16-10-12-17(13-11-16)21-15-22(18-6-3-2-4-7-18)31-25(27-21)29-24(30-31)28-23(32)19-8-5-9-20(26)14-19/h2-15,22H,1H3,(H2,27,28,29,30,32)/t22-/m1/s1. The molecule has 3 aromatic carbocycles. The number of carbonyl (C=O) groups excluding carboxylic acids is 1. The lowest BCUT2D eigenvalue weighted by atomic mass is 10.0. The van der Waals surface area contributed by atoms with Crippen molar-refractivity contribution in [3.8, 4) is 0 Å². The van der Waals surface area contributed by atoms with Gasteiger partial charge in [-0.2, -0.15) is 4.98 Å². The molecule has 0 saturated carbocycles. The summed E-state index contributed by atoms with van der Waals surface area (Å²) in [5, 5.41) is 11.2. The van der Waals surface area contributed by atoms with E-state index >= 15 is 0 Å². The van der Waals surface area contributed by atoms with Crippen molar-refractivity contribution >= 4 is 35.1 Å². The largest absolute Gasteiger partial charge is 0.324 e. The third kappa shape index (κ3) is 4.00. The molecule has 1 amide bonds. The van der Waals surface area contributed by atoms with E-state index in [1.54, 1.807) is 28.9 Å². The summed E-state index contributed by atoms with van der Waals surface area (Å²) in [5.74, 6) is 0.453. The molecule has 0 radical (unpaired) electrons. The van der Waals surface area contributed by atoms with E-state index in [4.69, 9.17) is 11.6 Å². The Morgan fingerprint density at radius 3 is 2.56 bits per heavy atom. The molecule has 32 heavy (non-hydrogen) atoms. The fourth-order valence-corrected chi connectivity index (χ4v) is 3.83. The number of aromatic nitrogens is 3. The zero-order valence-corrected chi connectivity index (χ0v) is 18.0. The first-order valence-electron chi connectivity index (χ1n) is 10.2. The highest BCUT2D eigenvalue weighted by Crippen LogP contribution is 2.33. The molecule has 1 aliphatic heterocycles. The van der Waals surface area contributed by atoms with Gasteiger partial charge in [-0.1, -0.05) is 77.8 Å². The van der Waals surface area contributed by atoms with Gasteiger partial charge in [0.2, 0.25) is 5.95 Å². The second kappa shape index (κ2) is 8.32. The summed E-state index contributed by atoms with van der Waals surface area (Å²) in [6.07, 6.45) is 2.12. The van der Waals surface area contributed by atoms with Gasteiger partial charge in [0.05, 0.1) is 0 Å². The summed E-state index contributed by atoms with van der Waals surface area (Å²) in [7, 11) is 0. The maximum atomic E-state index is 12.7. The highest BCUT2D eigenvalue weighted by atomic mass is 35.5. The summed E-state index contributed by atoms with van der Waals surface area (Å²) in [6.45, 7) is 2.06. The average molecular weight is 442 g/mol. The molecule has 0 unspecified atom stereocenters. The Bertz CT molecular complexity index is 1310. The zero-order chi connectivity index (χ0) is 22.1. The molecular weight excluding hydrogens is 422 g/mol. The van der Waals surface area contributed by atoms with Crippen LogP contribution in [0.4, 0.5) is 11.9 Å². The van der Waals surface area contributed by atoms with Crippen molar-refractivity contribution in [1.29, 1.82) is 0 Å². The van der Waals surface area contributed by atoms with Crippen LogP contribution in [0.15, 0.2) is 84.9 Å². The number of rotatable bonds is 4. The molecule has 5 rings (SSSR count). The second-order valence-corrected chi connectivity index (χ2v) is 8.03. The Morgan fingerprint density at radius 1 is 1.03 bits per heavy atom. The van der Waals surface area contributed by atoms with E-state index in [0.29, 0.717) is 16.5 Å². The monoisotopic (exact) mass is 441 g/mol. The minimum absolute atomic E-state index is 0.173. The summed E-state index contributed by atoms with van der Waals surface area (Å²) >= 11 is 6.01. The first kappa shape index (κ1) is 20.0. The Kier molecular flexibility index (Phi) is 5.21. The van der Waals surface area contributed by atoms with E-state index < -0.39 is 0 Å². The number of aryl methyl sites for hydroxylation is 1. The normalized spacial score (nSPS) is 14.8. The van der Waals surface area contributed by atoms with Crippen LogP contribution >= 0.6 is 11.6 Å². The van der Waals surface area contributed by atoms with Gasteiger partial charge < -0.3 is 5.32 Å². The molecule has 0 aliphatic carbocycles. The average Bonchev–Trinajstić information content (AvgIpc) is 3.21. The minimum Gasteiger partial charge on any atom is -0.324 e. The summed E-state index contributed by atoms with van der Waals surface area (Å²) in [4.78, 5) is 17.2. The molecule has 0 fully saturated rings. The molecule has 1 aromatic heterocycles. The van der Waals surface area contributed by atoms with Gasteiger partial charge in [0.1, 0.15) is 6.04 Å². The van der Waals surface area contributed by atoms with E-state index in [2.05, 4.69) is 70.1 Å². The molecule has 2 heterocycles. The SMILES string of the molecule is Cc1ccc(C2=C[C@H](c3ccccc3)n3nc(NC(=O)c4cccc(Cl)c4)nc3N2)cc1. The highest BCUT2D eigenvalue weighted by Gasteiger charge is 2.26. The van der Waals surface area contributed by atoms with Crippen molar-refractivity contribution in [3.05, 3.63) is 112 Å². The summed E-state index contributed by atoms with van der Waals surface area (Å²) < 4.78 is 1.78. The molecule has 1 atom stereocenters. The first-order valence-corrected chi connectivity index (χ1v) is 10.6. The number of amides is 1. The van der Waals surface area contributed by atoms with Crippen molar-refractivity contribution in [1.82, 2.24) is 14.8 Å². The van der Waals surface area contributed by atoms with Crippen LogP contribution in [0.2, 0.25) is 5.02 Å². The Balaban J connectivity index is 1.50. The van der Waals surface area contributed by atoms with Crippen LogP contribution in [0.25, 0.3) is 5.70 Å². The van der Waals surface area contributed by atoms with Crippen LogP contribution in [0.3, 0.4) is 0 Å². The maximum Gasteiger partial charge on any atom is 0.258 e. The van der Waals surface area contributed by atoms with E-state index in [9.17, 15) is 4.79 Å². The van der Waals surface area contributed by atoms with Crippen molar-refractivity contribution < 1.29 is 4.79 Å². The lowest BCUT2D eigenvalue weighted by Crippen LogP contribution is -2.20. The molecule has 4 aromatic rings. The number of allylic oxidation sites excluding steroid dienone is 1. The smallest absolute Gasteiger partial charge is 0.258 e. The van der Waals surface area contributed by atoms with Crippen molar-refractivity contribution in [2.75, 3.05) is 10.6 Å². The molecule has 6 nitrogen and oxygen atoms in total. The zero-order valence-electron chi connectivity index (χ0n) is 17.3. The third-order valence-corrected chi connectivity index (χ3v) is 5.52. The number of anilines is 2. The van der Waals surface area contributed by atoms with E-state index in [1.807, 2.05) is 18.2 Å². The van der Waals surface area contributed by atoms with Crippen LogP contribution in [-0.2, 0) is 0 Å². The van der Waals surface area contributed by atoms with Gasteiger partial charge in [0, 0.05) is 16.3 Å². The number of halogens is 1. The fraction of sp³-hybridized carbons (Fsp3) is 0.0800. The predicted molar refractivity (Wildman–Crippen MR) is 127 cm³/mol. The van der Waals surface area contributed by atoms with Crippen LogP contribution in [0, 0.1) is 6.92 Å². The van der Waals surface area contributed by atoms with Gasteiger partial charge in [0.25, 0.3) is 11.9 Å². The number of carbonyl (C=O) groups is 1. The summed E-state index contributed by atoms with van der Waals surface area (Å²) in [5.41, 5.74) is 4.69. The van der Waals surface area contributed by atoms with Crippen molar-refractivity contribution in [2.24, 2.45) is 0 Å². The molecule has 0 saturated heterocycles. The fourth-order valence-electron chi connectivity index (χ4n) is 3.64. The maximum absolute atomic E-state index is 12.7. The number of nitrogens with zero attached hydrogens (tertiary/aromatic N) is 3. The Hall–Kier alpha value is -3.90. The third-order valence-electron chi connectivity index (χ3n) is 5.28. The van der Waals surface area contributed by atoms with E-state index in [0.717, 1.165) is 16.8 Å². The lowest BCUT2D eigenvalue weighted by Gasteiger charge is -2.24. The number of hydrogen-bond donors (Lipinski definition) is 2. The molecule has 1 aliphatic rings. The minimum atomic E-state index is -0.321. The molecular formula is C25H20ClN5O. The van der Waals surface area contributed by atoms with Crippen molar-refractivity contribution in [3.63, 3.8) is 0 Å². The Morgan fingerprint density at radius 2 is 1.81 bits per heavy atom. The van der Waals surface area contributed by atoms with Crippen LogP contribution in [0.1, 0.15) is 33.1 Å². The van der Waals surface area contributed by atoms with Gasteiger partial charge in [0.15, 0.2) is 0 Å². The molecule has 0 spiro atoms. The molecule has 2 N–H and O–H groups in total. The van der Waals surface area contributed by atoms with Gasteiger partial charge in [-0.25, -0.2) is 4.68 Å². The number of fused-ring (bicyclic) bond motifs is 1. The van der Waals surface area contributed by atoms with E-state index in [-0.39, 0.29) is 17.9 Å². The number of benzene rings is 3. The molecule has 158 valence electrons. The Labute approximate surface area is 190 Å². The lowest BCUT2D eigenvalue weighted by molar-refractivity contribution is 0.102. The quantitative estimate of drug-likeness (QED) is 0.435. The summed E-state index contributed by atoms with van der Waals surface area (Å²) in [6, 6.07) is 24.9. The van der Waals surface area contributed by atoms with Crippen molar-refractivity contribution in [2.45, 2.75) is 13.0 Å². The van der Waals surface area contributed by atoms with Crippen LogP contribution in [0.5, 0.6) is 0 Å². The van der Waals surface area contributed by atoms with Crippen LogP contribution < -0.4 is 10.6 Å².